The zero-order chi connectivity index (χ0) is 15.5. The number of aryl methyl sites for hydroxylation is 1. The van der Waals surface area contributed by atoms with Crippen LogP contribution in [-0.2, 0) is 9.84 Å². The van der Waals surface area contributed by atoms with Crippen LogP contribution in [0.1, 0.15) is 43.4 Å². The maximum Gasteiger partial charge on any atom is 0.154 e. The van der Waals surface area contributed by atoms with E-state index in [1.54, 1.807) is 7.11 Å². The van der Waals surface area contributed by atoms with Gasteiger partial charge in [0.1, 0.15) is 5.75 Å². The molecule has 2 atom stereocenters. The van der Waals surface area contributed by atoms with Gasteiger partial charge in [-0.05, 0) is 32.3 Å². The van der Waals surface area contributed by atoms with Gasteiger partial charge in [-0.1, -0.05) is 24.6 Å². The van der Waals surface area contributed by atoms with E-state index in [-0.39, 0.29) is 11.3 Å². The van der Waals surface area contributed by atoms with Crippen LogP contribution in [0.4, 0.5) is 0 Å². The van der Waals surface area contributed by atoms with Crippen molar-refractivity contribution in [3.63, 3.8) is 0 Å². The average Bonchev–Trinajstić information content (AvgIpc) is 2.79. The van der Waals surface area contributed by atoms with Gasteiger partial charge in [0, 0.05) is 18.2 Å². The van der Waals surface area contributed by atoms with Crippen molar-refractivity contribution < 1.29 is 13.2 Å². The van der Waals surface area contributed by atoms with Crippen molar-refractivity contribution in [2.45, 2.75) is 44.4 Å². The fourth-order valence-corrected chi connectivity index (χ4v) is 4.74. The molecule has 1 N–H and O–H groups in total. The molecule has 0 amide bonds. The maximum atomic E-state index is 11.9. The van der Waals surface area contributed by atoms with Crippen LogP contribution in [-0.4, -0.2) is 33.1 Å². The summed E-state index contributed by atoms with van der Waals surface area (Å²) in [5, 5.41) is 3.19. The summed E-state index contributed by atoms with van der Waals surface area (Å²) in [5.41, 5.74) is 2.29. The van der Waals surface area contributed by atoms with Crippen molar-refractivity contribution in [1.82, 2.24) is 5.32 Å². The quantitative estimate of drug-likeness (QED) is 0.877. The molecule has 1 aromatic rings. The first-order valence-corrected chi connectivity index (χ1v) is 9.29. The van der Waals surface area contributed by atoms with Gasteiger partial charge in [-0.3, -0.25) is 0 Å². The minimum absolute atomic E-state index is 0.121. The van der Waals surface area contributed by atoms with Crippen molar-refractivity contribution in [2.24, 2.45) is 0 Å². The van der Waals surface area contributed by atoms with Gasteiger partial charge in [0.25, 0.3) is 0 Å². The van der Waals surface area contributed by atoms with Crippen molar-refractivity contribution >= 4 is 9.84 Å². The van der Waals surface area contributed by atoms with E-state index in [9.17, 15) is 8.42 Å². The summed E-state index contributed by atoms with van der Waals surface area (Å²) in [4.78, 5) is 0. The highest BCUT2D eigenvalue weighted by atomic mass is 32.2. The van der Waals surface area contributed by atoms with Crippen LogP contribution in [0.2, 0.25) is 0 Å². The van der Waals surface area contributed by atoms with E-state index >= 15 is 0 Å². The lowest BCUT2D eigenvalue weighted by atomic mass is 10.0. The fraction of sp³-hybridized carbons (Fsp3) is 0.625. The molecule has 1 aromatic carbocycles. The van der Waals surface area contributed by atoms with Gasteiger partial charge < -0.3 is 10.1 Å². The van der Waals surface area contributed by atoms with Crippen LogP contribution in [0.5, 0.6) is 5.75 Å². The van der Waals surface area contributed by atoms with Gasteiger partial charge in [-0.2, -0.15) is 0 Å². The Kier molecular flexibility index (Phi) is 5.27. The summed E-state index contributed by atoms with van der Waals surface area (Å²) in [5.74, 6) is 1.19. The first-order valence-electron chi connectivity index (χ1n) is 7.57. The third-order valence-corrected chi connectivity index (χ3v) is 6.50. The third kappa shape index (κ3) is 3.77. The van der Waals surface area contributed by atoms with Crippen LogP contribution < -0.4 is 10.1 Å². The van der Waals surface area contributed by atoms with E-state index in [4.69, 9.17) is 4.74 Å². The van der Waals surface area contributed by atoms with Gasteiger partial charge in [0.2, 0.25) is 0 Å². The second kappa shape index (κ2) is 6.79. The minimum Gasteiger partial charge on any atom is -0.496 e. The highest BCUT2D eigenvalue weighted by Crippen LogP contribution is 2.29. The van der Waals surface area contributed by atoms with E-state index in [0.717, 1.165) is 30.6 Å². The van der Waals surface area contributed by atoms with Crippen LogP contribution in [0, 0.1) is 6.92 Å². The lowest BCUT2D eigenvalue weighted by Crippen LogP contribution is -2.33. The Balaban J connectivity index is 2.12. The molecule has 0 bridgehead atoms. The lowest BCUT2D eigenvalue weighted by Gasteiger charge is -2.22. The summed E-state index contributed by atoms with van der Waals surface area (Å²) >= 11 is 0. The molecule has 1 saturated heterocycles. The SMILES string of the molecule is CC[C@H](NC[C@H]1CCCS1(=O)=O)c1cc(C)ccc1OC. The van der Waals surface area contributed by atoms with Crippen molar-refractivity contribution in [3.05, 3.63) is 29.3 Å². The largest absolute Gasteiger partial charge is 0.496 e. The number of benzene rings is 1. The maximum absolute atomic E-state index is 11.9. The Morgan fingerprint density at radius 2 is 2.19 bits per heavy atom. The van der Waals surface area contributed by atoms with Crippen LogP contribution in [0.3, 0.4) is 0 Å². The molecule has 21 heavy (non-hydrogen) atoms. The summed E-state index contributed by atoms with van der Waals surface area (Å²) in [6, 6.07) is 6.23. The molecule has 1 heterocycles. The number of ether oxygens (including phenoxy) is 1. The highest BCUT2D eigenvalue weighted by molar-refractivity contribution is 7.92. The Labute approximate surface area is 127 Å². The second-order valence-electron chi connectivity index (χ2n) is 5.75. The van der Waals surface area contributed by atoms with Gasteiger partial charge in [0.05, 0.1) is 18.1 Å². The smallest absolute Gasteiger partial charge is 0.154 e. The van der Waals surface area contributed by atoms with Crippen molar-refractivity contribution in [1.29, 1.82) is 0 Å². The standard InChI is InChI=1S/C16H25NO3S/c1-4-15(14-10-12(2)7-8-16(14)20-3)17-11-13-6-5-9-21(13,18)19/h7-8,10,13,15,17H,4-6,9,11H2,1-3H3/t13-,15+/m1/s1. The molecule has 1 aliphatic rings. The monoisotopic (exact) mass is 311 g/mol. The molecule has 4 nitrogen and oxygen atoms in total. The van der Waals surface area contributed by atoms with E-state index < -0.39 is 9.84 Å². The molecular weight excluding hydrogens is 286 g/mol. The van der Waals surface area contributed by atoms with Gasteiger partial charge in [0.15, 0.2) is 9.84 Å². The van der Waals surface area contributed by atoms with Gasteiger partial charge in [-0.25, -0.2) is 8.42 Å². The first kappa shape index (κ1) is 16.3. The number of nitrogens with one attached hydrogen (secondary N) is 1. The van der Waals surface area contributed by atoms with Crippen LogP contribution in [0.15, 0.2) is 18.2 Å². The normalized spacial score (nSPS) is 22.1. The molecule has 2 rings (SSSR count). The number of sulfone groups is 1. The second-order valence-corrected chi connectivity index (χ2v) is 8.15. The Hall–Kier alpha value is -1.07. The number of hydrogen-bond donors (Lipinski definition) is 1. The van der Waals surface area contributed by atoms with Gasteiger partial charge in [-0.15, -0.1) is 0 Å². The average molecular weight is 311 g/mol. The van der Waals surface area contributed by atoms with E-state index in [1.807, 2.05) is 12.1 Å². The molecule has 5 heteroatoms. The lowest BCUT2D eigenvalue weighted by molar-refractivity contribution is 0.396. The molecule has 0 spiro atoms. The van der Waals surface area contributed by atoms with Crippen molar-refractivity contribution in [2.75, 3.05) is 19.4 Å². The molecule has 1 aliphatic heterocycles. The summed E-state index contributed by atoms with van der Waals surface area (Å²) in [7, 11) is -1.22. The molecule has 0 radical (unpaired) electrons. The predicted molar refractivity (Wildman–Crippen MR) is 85.6 cm³/mol. The highest BCUT2D eigenvalue weighted by Gasteiger charge is 2.31. The van der Waals surface area contributed by atoms with Gasteiger partial charge >= 0.3 is 0 Å². The Bertz CT molecular complexity index is 583. The zero-order valence-electron chi connectivity index (χ0n) is 13.1. The summed E-state index contributed by atoms with van der Waals surface area (Å²) in [6.07, 6.45) is 2.46. The molecule has 0 unspecified atom stereocenters. The first-order chi connectivity index (χ1) is 9.97. The molecule has 0 aromatic heterocycles. The number of rotatable bonds is 6. The molecule has 0 saturated carbocycles. The van der Waals surface area contributed by atoms with Crippen LogP contribution >= 0.6 is 0 Å². The van der Waals surface area contributed by atoms with Crippen molar-refractivity contribution in [3.8, 4) is 5.75 Å². The fourth-order valence-electron chi connectivity index (χ4n) is 2.96. The van der Waals surface area contributed by atoms with E-state index in [2.05, 4.69) is 25.2 Å². The molecular formula is C16H25NO3S. The molecule has 118 valence electrons. The van der Waals surface area contributed by atoms with E-state index in [1.165, 1.54) is 5.56 Å². The van der Waals surface area contributed by atoms with Crippen LogP contribution in [0.25, 0.3) is 0 Å². The Morgan fingerprint density at radius 3 is 2.76 bits per heavy atom. The summed E-state index contributed by atoms with van der Waals surface area (Å²) < 4.78 is 29.3. The summed E-state index contributed by atoms with van der Waals surface area (Å²) in [6.45, 7) is 4.68. The number of hydrogen-bond acceptors (Lipinski definition) is 4. The predicted octanol–water partition coefficient (Wildman–Crippen LogP) is 2.62. The Morgan fingerprint density at radius 1 is 1.43 bits per heavy atom. The zero-order valence-corrected chi connectivity index (χ0v) is 13.9. The topological polar surface area (TPSA) is 55.4 Å². The third-order valence-electron chi connectivity index (χ3n) is 4.22. The number of methoxy groups -OCH3 is 1. The minimum atomic E-state index is -2.89. The molecule has 1 fully saturated rings. The van der Waals surface area contributed by atoms with E-state index in [0.29, 0.717) is 12.3 Å². The molecule has 0 aliphatic carbocycles.